The number of hydrogen-bond acceptors (Lipinski definition) is 5. The quantitative estimate of drug-likeness (QED) is 0.196. The molecule has 1 aliphatic rings. The Labute approximate surface area is 239 Å². The van der Waals surface area contributed by atoms with Crippen molar-refractivity contribution in [1.82, 2.24) is 10.2 Å². The fourth-order valence-electron chi connectivity index (χ4n) is 5.04. The molecule has 2 heterocycles. The van der Waals surface area contributed by atoms with E-state index in [0.717, 1.165) is 57.1 Å². The van der Waals surface area contributed by atoms with E-state index in [4.69, 9.17) is 4.99 Å². The Bertz CT molecular complexity index is 1390. The zero-order valence-electron chi connectivity index (χ0n) is 23.6. The van der Waals surface area contributed by atoms with Crippen LogP contribution in [0.25, 0.3) is 16.8 Å². The van der Waals surface area contributed by atoms with Gasteiger partial charge in [-0.25, -0.2) is 4.39 Å². The van der Waals surface area contributed by atoms with Gasteiger partial charge >= 0.3 is 6.55 Å². The van der Waals surface area contributed by atoms with Crippen molar-refractivity contribution in [3.63, 3.8) is 0 Å². The van der Waals surface area contributed by atoms with Gasteiger partial charge in [0.25, 0.3) is 0 Å². The molecule has 1 aliphatic heterocycles. The number of likely N-dealkylation sites (tertiary alicyclic amines) is 1. The Morgan fingerprint density at radius 2 is 1.93 bits per heavy atom. The van der Waals surface area contributed by atoms with Gasteiger partial charge in [0.15, 0.2) is 0 Å². The molecule has 2 aromatic carbocycles. The van der Waals surface area contributed by atoms with Crippen LogP contribution in [-0.2, 0) is 0 Å². The van der Waals surface area contributed by atoms with Crippen LogP contribution >= 0.6 is 11.3 Å². The Morgan fingerprint density at radius 3 is 2.55 bits per heavy atom. The van der Waals surface area contributed by atoms with Gasteiger partial charge in [-0.3, -0.25) is 9.89 Å². The van der Waals surface area contributed by atoms with E-state index in [1.54, 1.807) is 35.8 Å². The second kappa shape index (κ2) is 13.2. The number of nitrogens with zero attached hydrogens (tertiary/aromatic N) is 3. The Kier molecular flexibility index (Phi) is 9.74. The number of halogens is 3. The molecule has 4 nitrogen and oxygen atoms in total. The SMILES string of the molecule is C=C(N1CCC(N/C(=C(/C)CC)c2scc(-c3cccc(F)c3)c2N=CC)CC1)N(c1ccccc1C)C(F)F. The third-order valence-electron chi connectivity index (χ3n) is 7.40. The van der Waals surface area contributed by atoms with Gasteiger partial charge in [-0.2, -0.15) is 8.78 Å². The number of piperidine rings is 1. The minimum Gasteiger partial charge on any atom is -0.381 e. The summed E-state index contributed by atoms with van der Waals surface area (Å²) in [4.78, 5) is 8.71. The standard InChI is InChI=1S/C32H37F3N4S/c1-6-21(3)29(31-30(36-7-2)27(20-40-31)24-12-10-13-25(33)19-24)37-26-15-17-38(18-16-26)23(5)39(32(34)35)28-14-9-8-11-22(28)4/h7-14,19-20,26,32,37H,5-6,15-18H2,1-4H3/b29-21-,36-7?. The fraction of sp³-hybridized carbons (Fsp3) is 0.344. The number of allylic oxidation sites excluding steroid dienone is 1. The highest BCUT2D eigenvalue weighted by Gasteiger charge is 2.29. The lowest BCUT2D eigenvalue weighted by atomic mass is 10.0. The van der Waals surface area contributed by atoms with E-state index < -0.39 is 6.55 Å². The highest BCUT2D eigenvalue weighted by Crippen LogP contribution is 2.43. The number of aliphatic imine (C=N–C) groups is 1. The largest absolute Gasteiger partial charge is 0.381 e. The first-order chi connectivity index (χ1) is 19.2. The van der Waals surface area contributed by atoms with Crippen LogP contribution in [0.3, 0.4) is 0 Å². The number of alkyl halides is 2. The van der Waals surface area contributed by atoms with Crippen molar-refractivity contribution in [3.8, 4) is 11.1 Å². The zero-order valence-corrected chi connectivity index (χ0v) is 24.4. The number of aryl methyl sites for hydroxylation is 1. The average molecular weight is 567 g/mol. The molecule has 0 saturated carbocycles. The van der Waals surface area contributed by atoms with Crippen LogP contribution in [0, 0.1) is 12.7 Å². The molecule has 3 aromatic rings. The number of hydrogen-bond donors (Lipinski definition) is 1. The van der Waals surface area contributed by atoms with Crippen LogP contribution in [0.1, 0.15) is 50.5 Å². The smallest absolute Gasteiger partial charge is 0.320 e. The van der Waals surface area contributed by atoms with Crippen LogP contribution in [0.2, 0.25) is 0 Å². The number of rotatable bonds is 10. The predicted molar refractivity (Wildman–Crippen MR) is 163 cm³/mol. The second-order valence-electron chi connectivity index (χ2n) is 9.99. The summed E-state index contributed by atoms with van der Waals surface area (Å²) in [5, 5.41) is 5.81. The topological polar surface area (TPSA) is 30.9 Å². The van der Waals surface area contributed by atoms with Crippen molar-refractivity contribution in [1.29, 1.82) is 0 Å². The fourth-order valence-corrected chi connectivity index (χ4v) is 6.14. The van der Waals surface area contributed by atoms with E-state index in [1.165, 1.54) is 17.7 Å². The van der Waals surface area contributed by atoms with Crippen molar-refractivity contribution in [2.24, 2.45) is 4.99 Å². The molecule has 0 aliphatic carbocycles. The lowest BCUT2D eigenvalue weighted by Crippen LogP contribution is -2.46. The summed E-state index contributed by atoms with van der Waals surface area (Å²) in [6, 6.07) is 13.9. The molecule has 1 saturated heterocycles. The van der Waals surface area contributed by atoms with Crippen LogP contribution in [0.15, 0.2) is 76.9 Å². The van der Waals surface area contributed by atoms with E-state index >= 15 is 0 Å². The molecule has 0 radical (unpaired) electrons. The van der Waals surface area contributed by atoms with Gasteiger partial charge < -0.3 is 10.2 Å². The van der Waals surface area contributed by atoms with Gasteiger partial charge in [0.1, 0.15) is 11.6 Å². The van der Waals surface area contributed by atoms with E-state index in [0.29, 0.717) is 24.6 Å². The minimum atomic E-state index is -2.69. The van der Waals surface area contributed by atoms with Gasteiger partial charge in [-0.05, 0) is 74.9 Å². The summed E-state index contributed by atoms with van der Waals surface area (Å²) in [6.07, 6.45) is 4.18. The maximum Gasteiger partial charge on any atom is 0.320 e. The highest BCUT2D eigenvalue weighted by atomic mass is 32.1. The number of benzene rings is 2. The first-order valence-corrected chi connectivity index (χ1v) is 14.5. The minimum absolute atomic E-state index is 0.164. The van der Waals surface area contributed by atoms with E-state index in [1.807, 2.05) is 42.3 Å². The molecule has 0 amide bonds. The second-order valence-corrected chi connectivity index (χ2v) is 10.9. The van der Waals surface area contributed by atoms with Gasteiger partial charge in [-0.1, -0.05) is 43.8 Å². The first-order valence-electron chi connectivity index (χ1n) is 13.6. The van der Waals surface area contributed by atoms with E-state index in [9.17, 15) is 13.2 Å². The average Bonchev–Trinajstić information content (AvgIpc) is 3.36. The van der Waals surface area contributed by atoms with Crippen LogP contribution in [0.4, 0.5) is 24.5 Å². The molecule has 1 N–H and O–H groups in total. The molecule has 0 unspecified atom stereocenters. The Morgan fingerprint density at radius 1 is 1.20 bits per heavy atom. The van der Waals surface area contributed by atoms with Crippen LogP contribution in [-0.4, -0.2) is 36.8 Å². The van der Waals surface area contributed by atoms with Gasteiger partial charge in [0.05, 0.1) is 21.9 Å². The summed E-state index contributed by atoms with van der Waals surface area (Å²) in [6.45, 7) is 10.6. The number of para-hydroxylation sites is 1. The Hall–Kier alpha value is -3.52. The van der Waals surface area contributed by atoms with E-state index in [-0.39, 0.29) is 11.9 Å². The molecule has 1 aromatic heterocycles. The maximum atomic E-state index is 14.2. The number of anilines is 1. The predicted octanol–water partition coefficient (Wildman–Crippen LogP) is 8.98. The lowest BCUT2D eigenvalue weighted by molar-refractivity contribution is 0.133. The summed E-state index contributed by atoms with van der Waals surface area (Å²) < 4.78 is 42.4. The van der Waals surface area contributed by atoms with Gasteiger partial charge in [0.2, 0.25) is 0 Å². The molecule has 212 valence electrons. The molecule has 40 heavy (non-hydrogen) atoms. The molecule has 4 rings (SSSR count). The van der Waals surface area contributed by atoms with Crippen molar-refractivity contribution >= 4 is 34.6 Å². The first kappa shape index (κ1) is 29.5. The van der Waals surface area contributed by atoms with Crippen LogP contribution in [0.5, 0.6) is 0 Å². The Balaban J connectivity index is 1.53. The molecule has 0 bridgehead atoms. The molecule has 8 heteroatoms. The summed E-state index contributed by atoms with van der Waals surface area (Å²) in [7, 11) is 0. The van der Waals surface area contributed by atoms with Gasteiger partial charge in [0, 0.05) is 36.3 Å². The van der Waals surface area contributed by atoms with Gasteiger partial charge in [-0.15, -0.1) is 11.3 Å². The molecular weight excluding hydrogens is 529 g/mol. The summed E-state index contributed by atoms with van der Waals surface area (Å²) >= 11 is 1.60. The highest BCUT2D eigenvalue weighted by molar-refractivity contribution is 7.12. The van der Waals surface area contributed by atoms with Crippen molar-refractivity contribution in [3.05, 3.63) is 88.1 Å². The number of thiophene rings is 1. The monoisotopic (exact) mass is 566 g/mol. The third-order valence-corrected chi connectivity index (χ3v) is 8.39. The summed E-state index contributed by atoms with van der Waals surface area (Å²) in [5.74, 6) is 0.0392. The molecular formula is C32H37F3N4S. The van der Waals surface area contributed by atoms with Crippen LogP contribution < -0.4 is 10.2 Å². The van der Waals surface area contributed by atoms with Crippen molar-refractivity contribution in [2.45, 2.75) is 59.5 Å². The van der Waals surface area contributed by atoms with Crippen molar-refractivity contribution < 1.29 is 13.2 Å². The molecule has 0 spiro atoms. The zero-order chi connectivity index (χ0) is 28.8. The maximum absolute atomic E-state index is 14.2. The molecule has 0 atom stereocenters. The van der Waals surface area contributed by atoms with Crippen molar-refractivity contribution in [2.75, 3.05) is 18.0 Å². The summed E-state index contributed by atoms with van der Waals surface area (Å²) in [5.41, 5.74) is 6.02. The normalized spacial score (nSPS) is 15.1. The number of nitrogens with one attached hydrogen (secondary N) is 1. The van der Waals surface area contributed by atoms with E-state index in [2.05, 4.69) is 25.7 Å². The lowest BCUT2D eigenvalue weighted by Gasteiger charge is -2.40. The molecule has 1 fully saturated rings. The third kappa shape index (κ3) is 6.44.